The van der Waals surface area contributed by atoms with Gasteiger partial charge in [0.05, 0.1) is 12.0 Å². The Kier molecular flexibility index (Phi) is 5.42. The van der Waals surface area contributed by atoms with Gasteiger partial charge in [-0.25, -0.2) is 8.42 Å². The number of sulfonamides is 1. The maximum Gasteiger partial charge on any atom is 0.327 e. The monoisotopic (exact) mass is 461 g/mol. The molecule has 3 fully saturated rings. The van der Waals surface area contributed by atoms with E-state index in [0.29, 0.717) is 12.3 Å². The van der Waals surface area contributed by atoms with Crippen molar-refractivity contribution >= 4 is 16.0 Å². The number of rotatable bonds is 3. The number of hydrogen-bond donors (Lipinski definition) is 0. The van der Waals surface area contributed by atoms with Crippen molar-refractivity contribution in [2.45, 2.75) is 96.0 Å². The molecule has 1 aromatic rings. The summed E-state index contributed by atoms with van der Waals surface area (Å²) in [5, 5.41) is 0. The van der Waals surface area contributed by atoms with Crippen LogP contribution in [0.4, 0.5) is 0 Å². The number of ether oxygens (including phenoxy) is 1. The van der Waals surface area contributed by atoms with Crippen molar-refractivity contribution in [1.29, 1.82) is 0 Å². The lowest BCUT2D eigenvalue weighted by molar-refractivity contribution is -0.151. The van der Waals surface area contributed by atoms with Gasteiger partial charge in [0.2, 0.25) is 10.0 Å². The van der Waals surface area contributed by atoms with Crippen molar-refractivity contribution in [3.8, 4) is 0 Å². The third-order valence-corrected chi connectivity index (χ3v) is 11.6. The number of aryl methyl sites for hydroxylation is 1. The molecule has 0 amide bonds. The van der Waals surface area contributed by atoms with E-state index in [1.54, 1.807) is 23.4 Å². The van der Waals surface area contributed by atoms with Crippen LogP contribution < -0.4 is 0 Å². The molecule has 0 bridgehead atoms. The molecule has 4 rings (SSSR count). The first-order chi connectivity index (χ1) is 14.7. The van der Waals surface area contributed by atoms with Crippen molar-refractivity contribution in [2.75, 3.05) is 7.11 Å². The van der Waals surface area contributed by atoms with Gasteiger partial charge in [0, 0.05) is 5.54 Å². The Labute approximate surface area is 194 Å². The fraction of sp³-hybridized carbons (Fsp3) is 0.731. The third kappa shape index (κ3) is 3.12. The van der Waals surface area contributed by atoms with Gasteiger partial charge in [0.1, 0.15) is 5.54 Å². The number of hydrogen-bond acceptors (Lipinski definition) is 4. The van der Waals surface area contributed by atoms with Gasteiger partial charge in [-0.2, -0.15) is 4.31 Å². The molecule has 1 saturated heterocycles. The molecule has 3 aliphatic rings. The van der Waals surface area contributed by atoms with Crippen LogP contribution in [0.15, 0.2) is 29.2 Å². The van der Waals surface area contributed by atoms with Crippen molar-refractivity contribution < 1.29 is 17.9 Å². The van der Waals surface area contributed by atoms with Crippen LogP contribution in [0, 0.1) is 29.6 Å². The zero-order valence-corrected chi connectivity index (χ0v) is 21.5. The normalized spacial score (nSPS) is 39.2. The summed E-state index contributed by atoms with van der Waals surface area (Å²) >= 11 is 0. The van der Waals surface area contributed by atoms with E-state index in [2.05, 4.69) is 27.7 Å². The molecule has 1 heterocycles. The molecule has 5 nitrogen and oxygen atoms in total. The molecule has 0 aromatic heterocycles. The molecule has 178 valence electrons. The van der Waals surface area contributed by atoms with Crippen LogP contribution in [0.1, 0.15) is 78.7 Å². The molecule has 3 unspecified atom stereocenters. The van der Waals surface area contributed by atoms with E-state index < -0.39 is 27.1 Å². The van der Waals surface area contributed by atoms with Crippen molar-refractivity contribution in [3.63, 3.8) is 0 Å². The number of methoxy groups -OCH3 is 1. The third-order valence-electron chi connectivity index (χ3n) is 9.46. The largest absolute Gasteiger partial charge is 0.468 e. The highest BCUT2D eigenvalue weighted by Crippen LogP contribution is 2.68. The van der Waals surface area contributed by atoms with Crippen LogP contribution in [0.5, 0.6) is 0 Å². The summed E-state index contributed by atoms with van der Waals surface area (Å²) in [5.41, 5.74) is -0.647. The summed E-state index contributed by atoms with van der Waals surface area (Å²) in [5.74, 6) is 0.155. The second-order valence-corrected chi connectivity index (χ2v) is 13.7. The molecule has 2 aliphatic carbocycles. The molecule has 0 N–H and O–H groups in total. The van der Waals surface area contributed by atoms with Gasteiger partial charge in [-0.15, -0.1) is 0 Å². The van der Waals surface area contributed by atoms with E-state index in [0.717, 1.165) is 31.2 Å². The lowest BCUT2D eigenvalue weighted by Crippen LogP contribution is -2.63. The minimum absolute atomic E-state index is 0.0123. The predicted molar refractivity (Wildman–Crippen MR) is 126 cm³/mol. The van der Waals surface area contributed by atoms with E-state index in [1.165, 1.54) is 13.5 Å². The molecule has 32 heavy (non-hydrogen) atoms. The van der Waals surface area contributed by atoms with Gasteiger partial charge >= 0.3 is 5.97 Å². The first-order valence-corrected chi connectivity index (χ1v) is 13.4. The summed E-state index contributed by atoms with van der Waals surface area (Å²) in [6, 6.07) is 6.96. The summed E-state index contributed by atoms with van der Waals surface area (Å²) in [6.07, 6.45) is 5.68. The minimum Gasteiger partial charge on any atom is -0.468 e. The van der Waals surface area contributed by atoms with E-state index in [1.807, 2.05) is 19.1 Å². The average molecular weight is 462 g/mol. The van der Waals surface area contributed by atoms with Crippen LogP contribution in [-0.2, 0) is 19.6 Å². The molecular weight excluding hydrogens is 422 g/mol. The Morgan fingerprint density at radius 3 is 2.22 bits per heavy atom. The van der Waals surface area contributed by atoms with Crippen molar-refractivity contribution in [1.82, 2.24) is 4.31 Å². The number of carbonyl (C=O) groups excluding carboxylic acids is 1. The van der Waals surface area contributed by atoms with Crippen molar-refractivity contribution in [3.05, 3.63) is 29.8 Å². The second kappa shape index (κ2) is 7.30. The van der Waals surface area contributed by atoms with Crippen LogP contribution >= 0.6 is 0 Å². The number of nitrogens with zero attached hydrogens (tertiary/aromatic N) is 1. The number of carbonyl (C=O) groups is 1. The summed E-state index contributed by atoms with van der Waals surface area (Å²) < 4.78 is 35.1. The summed E-state index contributed by atoms with van der Waals surface area (Å²) in [7, 11) is -2.54. The lowest BCUT2D eigenvalue weighted by atomic mass is 9.45. The summed E-state index contributed by atoms with van der Waals surface area (Å²) in [6.45, 7) is 12.9. The standard InChI is InChI=1S/C26H39NO4S/c1-18-9-11-19(12-10-18)32(29,30)27-25(5)16-13-20-23(2,3)14-8-15-24(20,4)21(25)17-26(27,6)22(28)31-7/h9-12,20-21H,8,13-17H2,1-7H3/t20?,21-,24?,25-,26?/m0/s1. The maximum absolute atomic E-state index is 14.2. The van der Waals surface area contributed by atoms with Gasteiger partial charge in [0.25, 0.3) is 0 Å². The topological polar surface area (TPSA) is 63.7 Å². The van der Waals surface area contributed by atoms with E-state index in [-0.39, 0.29) is 21.6 Å². The van der Waals surface area contributed by atoms with Crippen LogP contribution in [0.25, 0.3) is 0 Å². The molecular formula is C26H39NO4S. The highest BCUT2D eigenvalue weighted by Gasteiger charge is 2.71. The molecule has 0 radical (unpaired) electrons. The SMILES string of the molecule is COC(=O)C1(C)C[C@H]2C3(C)CCCC(C)(C)C3CC[C@]2(C)N1S(=O)(=O)c1ccc(C)cc1. The Morgan fingerprint density at radius 2 is 1.62 bits per heavy atom. The lowest BCUT2D eigenvalue weighted by Gasteiger charge is -2.61. The number of esters is 1. The fourth-order valence-electron chi connectivity index (χ4n) is 8.11. The first kappa shape index (κ1) is 23.7. The Hall–Kier alpha value is -1.40. The molecule has 5 atom stereocenters. The molecule has 0 spiro atoms. The highest BCUT2D eigenvalue weighted by molar-refractivity contribution is 7.89. The number of fused-ring (bicyclic) bond motifs is 3. The fourth-order valence-corrected chi connectivity index (χ4v) is 10.2. The highest BCUT2D eigenvalue weighted by atomic mass is 32.2. The quantitative estimate of drug-likeness (QED) is 0.571. The van der Waals surface area contributed by atoms with Crippen LogP contribution in [0.3, 0.4) is 0 Å². The van der Waals surface area contributed by atoms with Gasteiger partial charge in [-0.1, -0.05) is 44.9 Å². The predicted octanol–water partition coefficient (Wildman–Crippen LogP) is 5.32. The van der Waals surface area contributed by atoms with Crippen molar-refractivity contribution in [2.24, 2.45) is 22.7 Å². The Bertz CT molecular complexity index is 1020. The zero-order valence-electron chi connectivity index (χ0n) is 20.7. The van der Waals surface area contributed by atoms with Gasteiger partial charge in [0.15, 0.2) is 0 Å². The molecule has 2 saturated carbocycles. The molecule has 1 aliphatic heterocycles. The van der Waals surface area contributed by atoms with E-state index >= 15 is 0 Å². The Balaban J connectivity index is 1.89. The Morgan fingerprint density at radius 1 is 1.00 bits per heavy atom. The van der Waals surface area contributed by atoms with Crippen LogP contribution in [-0.4, -0.2) is 36.9 Å². The first-order valence-electron chi connectivity index (χ1n) is 11.9. The maximum atomic E-state index is 14.2. The van der Waals surface area contributed by atoms with Crippen LogP contribution in [0.2, 0.25) is 0 Å². The molecule has 1 aromatic carbocycles. The van der Waals surface area contributed by atoms with E-state index in [4.69, 9.17) is 4.74 Å². The average Bonchev–Trinajstić information content (AvgIpc) is 2.96. The van der Waals surface area contributed by atoms with Gasteiger partial charge in [-0.05, 0) is 87.7 Å². The van der Waals surface area contributed by atoms with E-state index in [9.17, 15) is 13.2 Å². The second-order valence-electron chi connectivity index (χ2n) is 11.9. The van der Waals surface area contributed by atoms with Gasteiger partial charge < -0.3 is 4.74 Å². The smallest absolute Gasteiger partial charge is 0.327 e. The van der Waals surface area contributed by atoms with Gasteiger partial charge in [-0.3, -0.25) is 4.79 Å². The molecule has 6 heteroatoms. The zero-order chi connectivity index (χ0) is 23.7. The minimum atomic E-state index is -3.91. The summed E-state index contributed by atoms with van der Waals surface area (Å²) in [4.78, 5) is 13.5. The number of benzene rings is 1.